The van der Waals surface area contributed by atoms with Crippen LogP contribution < -0.4 is 17.0 Å². The molecule has 1 amide bonds. The number of nitrogens with two attached hydrogens (primary N) is 2. The van der Waals surface area contributed by atoms with Crippen molar-refractivity contribution in [2.45, 2.75) is 20.8 Å². The Morgan fingerprint density at radius 1 is 1.35 bits per heavy atom. The zero-order valence-electron chi connectivity index (χ0n) is 13.1. The molecule has 1 aromatic heterocycles. The maximum atomic E-state index is 12.7. The van der Waals surface area contributed by atoms with E-state index < -0.39 is 11.5 Å². The Balaban J connectivity index is 0.00000288. The average Bonchev–Trinajstić information content (AvgIpc) is 2.49. The first-order chi connectivity index (χ1) is 10.8. The normalized spacial score (nSPS) is 10.0. The van der Waals surface area contributed by atoms with Gasteiger partial charge in [0.2, 0.25) is 0 Å². The summed E-state index contributed by atoms with van der Waals surface area (Å²) in [5, 5.41) is 9.94. The average molecular weight is 313 g/mol. The van der Waals surface area contributed by atoms with E-state index in [1.807, 2.05) is 0 Å². The summed E-state index contributed by atoms with van der Waals surface area (Å²) in [4.78, 5) is 24.4. The van der Waals surface area contributed by atoms with Gasteiger partial charge < -0.3 is 16.6 Å². The molecule has 0 radical (unpaired) electrons. The van der Waals surface area contributed by atoms with Gasteiger partial charge in [0, 0.05) is 6.99 Å². The van der Waals surface area contributed by atoms with Crippen molar-refractivity contribution in [3.63, 3.8) is 0 Å². The number of nitrogens with zero attached hydrogens (tertiary/aromatic N) is 1. The van der Waals surface area contributed by atoms with E-state index in [1.165, 1.54) is 16.7 Å². The van der Waals surface area contributed by atoms with Crippen LogP contribution in [0, 0.1) is 25.7 Å². The van der Waals surface area contributed by atoms with Gasteiger partial charge in [0.25, 0.3) is 11.5 Å². The third kappa shape index (κ3) is 2.64. The minimum atomic E-state index is -0.758. The Hall–Kier alpha value is -3.20. The number of carbonyl (C=O) groups is 1. The lowest BCUT2D eigenvalue weighted by atomic mass is 10.1. The number of primary amides is 1. The zero-order valence-corrected chi connectivity index (χ0v) is 13.1. The summed E-state index contributed by atoms with van der Waals surface area (Å²) in [6.07, 6.45) is 0. The molecule has 0 aliphatic heterocycles. The number of phenolic OH excluding ortho intramolecular Hbond substituents is 1. The molecular weight excluding hydrogens is 294 g/mol. The highest BCUT2D eigenvalue weighted by molar-refractivity contribution is 5.97. The fourth-order valence-electron chi connectivity index (χ4n) is 2.44. The Bertz CT molecular complexity index is 937. The highest BCUT2D eigenvalue weighted by atomic mass is 16.3. The number of benzene rings is 1. The molecule has 0 aliphatic carbocycles. The number of phenols is 1. The van der Waals surface area contributed by atoms with Crippen LogP contribution >= 0.6 is 0 Å². The van der Waals surface area contributed by atoms with Crippen LogP contribution in [0.15, 0.2) is 23.0 Å². The number of carbonyl (C=O) groups excluding carboxylic acids is 1. The molecule has 0 aliphatic rings. The molecule has 0 atom stereocenters. The van der Waals surface area contributed by atoms with Gasteiger partial charge in [-0.2, -0.15) is 0 Å². The molecule has 120 valence electrons. The molecule has 0 saturated heterocycles. The molecule has 0 saturated carbocycles. The molecule has 2 aromatic rings. The van der Waals surface area contributed by atoms with Crippen LogP contribution in [0.25, 0.3) is 5.69 Å². The van der Waals surface area contributed by atoms with Gasteiger partial charge in [0.1, 0.15) is 11.6 Å². The van der Waals surface area contributed by atoms with E-state index in [1.54, 1.807) is 26.8 Å². The molecule has 0 fully saturated rings. The van der Waals surface area contributed by atoms with Gasteiger partial charge >= 0.3 is 0 Å². The van der Waals surface area contributed by atoms with E-state index in [4.69, 9.17) is 11.5 Å². The molecule has 1 heterocycles. The lowest BCUT2D eigenvalue weighted by Crippen LogP contribution is -2.29. The van der Waals surface area contributed by atoms with Crippen molar-refractivity contribution in [1.29, 1.82) is 0 Å². The first-order valence-electron chi connectivity index (χ1n) is 6.87. The van der Waals surface area contributed by atoms with E-state index in [-0.39, 0.29) is 24.1 Å². The molecular formula is C17H19N3O3. The first-order valence-corrected chi connectivity index (χ1v) is 6.87. The van der Waals surface area contributed by atoms with Gasteiger partial charge in [-0.15, -0.1) is 5.92 Å². The summed E-state index contributed by atoms with van der Waals surface area (Å²) < 4.78 is 1.17. The summed E-state index contributed by atoms with van der Waals surface area (Å²) in [5.74, 6) is 4.45. The number of aromatic nitrogens is 1. The number of anilines is 1. The predicted molar refractivity (Wildman–Crippen MR) is 90.8 cm³/mol. The van der Waals surface area contributed by atoms with Crippen molar-refractivity contribution in [2.75, 3.05) is 5.73 Å². The Morgan fingerprint density at radius 3 is 2.57 bits per heavy atom. The minimum absolute atomic E-state index is 0. The Kier molecular flexibility index (Phi) is 4.14. The largest absolute Gasteiger partial charge is 0.508 e. The van der Waals surface area contributed by atoms with Crippen LogP contribution in [0.3, 0.4) is 0 Å². The van der Waals surface area contributed by atoms with Crippen molar-refractivity contribution >= 4 is 11.7 Å². The molecule has 6 heteroatoms. The summed E-state index contributed by atoms with van der Waals surface area (Å²) in [7, 11) is 0. The number of hydrogen-bond acceptors (Lipinski definition) is 4. The van der Waals surface area contributed by atoms with Crippen LogP contribution in [0.5, 0.6) is 5.75 Å². The third-order valence-electron chi connectivity index (χ3n) is 3.59. The first kappa shape index (κ1) is 16.2. The number of amides is 1. The summed E-state index contributed by atoms with van der Waals surface area (Å²) in [6.45, 7) is 5.01. The van der Waals surface area contributed by atoms with Crippen molar-refractivity contribution < 1.29 is 11.3 Å². The van der Waals surface area contributed by atoms with Crippen molar-refractivity contribution in [1.82, 2.24) is 4.57 Å². The number of rotatable bonds is 2. The highest BCUT2D eigenvalue weighted by Crippen LogP contribution is 2.28. The molecule has 0 spiro atoms. The molecule has 1 aromatic carbocycles. The Morgan fingerprint density at radius 2 is 2.00 bits per heavy atom. The number of aromatic hydroxyl groups is 1. The lowest BCUT2D eigenvalue weighted by Gasteiger charge is -2.18. The van der Waals surface area contributed by atoms with Gasteiger partial charge in [-0.1, -0.05) is 12.0 Å². The fourth-order valence-corrected chi connectivity index (χ4v) is 2.44. The fraction of sp³-hybridized carbons (Fsp3) is 0.176. The second kappa shape index (κ2) is 5.89. The topological polar surface area (TPSA) is 111 Å². The molecule has 2 rings (SSSR count). The van der Waals surface area contributed by atoms with E-state index in [9.17, 15) is 14.7 Å². The minimum Gasteiger partial charge on any atom is -0.508 e. The molecule has 6 nitrogen and oxygen atoms in total. The van der Waals surface area contributed by atoms with Gasteiger partial charge in [-0.05, 0) is 38.5 Å². The number of aryl methyl sites for hydroxylation is 1. The van der Waals surface area contributed by atoms with Gasteiger partial charge in [0.15, 0.2) is 0 Å². The van der Waals surface area contributed by atoms with Gasteiger partial charge in [0.05, 0.1) is 16.8 Å². The van der Waals surface area contributed by atoms with E-state index in [0.717, 1.165) is 0 Å². The number of hydrogen-bond donors (Lipinski definition) is 3. The maximum absolute atomic E-state index is 12.7. The zero-order chi connectivity index (χ0) is 17.3. The van der Waals surface area contributed by atoms with Crippen LogP contribution in [-0.4, -0.2) is 15.6 Å². The molecule has 5 N–H and O–H groups in total. The van der Waals surface area contributed by atoms with E-state index in [2.05, 4.69) is 11.8 Å². The van der Waals surface area contributed by atoms with Crippen LogP contribution in [-0.2, 0) is 0 Å². The van der Waals surface area contributed by atoms with Crippen LogP contribution in [0.1, 0.15) is 35.4 Å². The molecule has 0 bridgehead atoms. The van der Waals surface area contributed by atoms with Crippen LogP contribution in [0.2, 0.25) is 0 Å². The summed E-state index contributed by atoms with van der Waals surface area (Å²) in [6, 6.07) is 4.48. The second-order valence-electron chi connectivity index (χ2n) is 5.11. The van der Waals surface area contributed by atoms with Crippen molar-refractivity contribution in [3.05, 3.63) is 50.8 Å². The lowest BCUT2D eigenvalue weighted by molar-refractivity contribution is 0.100. The van der Waals surface area contributed by atoms with E-state index in [0.29, 0.717) is 16.8 Å². The quantitative estimate of drug-likeness (QED) is 0.729. The number of nitrogen functional groups attached to an aromatic ring is 1. The van der Waals surface area contributed by atoms with Crippen molar-refractivity contribution in [2.24, 2.45) is 5.73 Å². The van der Waals surface area contributed by atoms with E-state index >= 15 is 0 Å². The standard InChI is InChI=1S/C17H17N3O3.H2/c1-4-5-11-8-12(16(19)22)15(18)20(17(11)23)14-9(2)6-7-13(21)10(14)3;/h6-8,21H,18H2,1-3H3,(H2,19,22);1H. The molecule has 23 heavy (non-hydrogen) atoms. The third-order valence-corrected chi connectivity index (χ3v) is 3.59. The SMILES string of the molecule is CC#Cc1cc(C(N)=O)c(N)n(-c2c(C)ccc(O)c2C)c1=O.[HH]. The van der Waals surface area contributed by atoms with Gasteiger partial charge in [-0.3, -0.25) is 14.2 Å². The van der Waals surface area contributed by atoms with Crippen LogP contribution in [0.4, 0.5) is 5.82 Å². The summed E-state index contributed by atoms with van der Waals surface area (Å²) >= 11 is 0. The monoisotopic (exact) mass is 313 g/mol. The summed E-state index contributed by atoms with van der Waals surface area (Å²) in [5.41, 5.74) is 12.6. The second-order valence-corrected chi connectivity index (χ2v) is 5.11. The number of pyridine rings is 1. The van der Waals surface area contributed by atoms with Gasteiger partial charge in [-0.25, -0.2) is 0 Å². The molecule has 0 unspecified atom stereocenters. The maximum Gasteiger partial charge on any atom is 0.272 e. The predicted octanol–water partition coefficient (Wildman–Crippen LogP) is 1.46. The highest BCUT2D eigenvalue weighted by Gasteiger charge is 2.19. The Labute approximate surface area is 134 Å². The smallest absolute Gasteiger partial charge is 0.272 e. The van der Waals surface area contributed by atoms with Crippen molar-refractivity contribution in [3.8, 4) is 23.3 Å².